The molecule has 0 spiro atoms. The molecule has 27 heavy (non-hydrogen) atoms. The Hall–Kier alpha value is -2.61. The molecule has 0 bridgehead atoms. The van der Waals surface area contributed by atoms with Crippen LogP contribution < -0.4 is 14.4 Å². The van der Waals surface area contributed by atoms with Crippen molar-refractivity contribution in [1.29, 1.82) is 0 Å². The van der Waals surface area contributed by atoms with Crippen LogP contribution in [0.2, 0.25) is 0 Å². The fourth-order valence-corrected chi connectivity index (χ4v) is 4.11. The molecule has 6 nitrogen and oxygen atoms in total. The van der Waals surface area contributed by atoms with Crippen LogP contribution in [0.3, 0.4) is 0 Å². The van der Waals surface area contributed by atoms with Crippen LogP contribution >= 0.6 is 0 Å². The summed E-state index contributed by atoms with van der Waals surface area (Å²) in [6, 6.07) is 8.44. The van der Waals surface area contributed by atoms with Crippen LogP contribution in [0.25, 0.3) is 0 Å². The lowest BCUT2D eigenvalue weighted by atomic mass is 10.1. The summed E-state index contributed by atoms with van der Waals surface area (Å²) < 4.78 is 46.3. The number of halogens is 1. The van der Waals surface area contributed by atoms with Gasteiger partial charge >= 0.3 is 0 Å². The number of hydrogen-bond acceptors (Lipinski definition) is 4. The van der Waals surface area contributed by atoms with Gasteiger partial charge in [0.25, 0.3) is 10.0 Å². The van der Waals surface area contributed by atoms with Gasteiger partial charge < -0.3 is 9.64 Å². The smallest absolute Gasteiger partial charge is 0.262 e. The lowest BCUT2D eigenvalue weighted by molar-refractivity contribution is -0.119. The molecule has 0 saturated carbocycles. The highest BCUT2D eigenvalue weighted by molar-refractivity contribution is 7.92. The van der Waals surface area contributed by atoms with Gasteiger partial charge in [0.2, 0.25) is 5.91 Å². The Morgan fingerprint density at radius 3 is 2.59 bits per heavy atom. The fraction of sp³-hybridized carbons (Fsp3) is 0.316. The maximum absolute atomic E-state index is 13.9. The van der Waals surface area contributed by atoms with E-state index in [1.807, 2.05) is 6.92 Å². The van der Waals surface area contributed by atoms with Crippen LogP contribution in [0.4, 0.5) is 15.8 Å². The van der Waals surface area contributed by atoms with Gasteiger partial charge in [0.15, 0.2) is 11.6 Å². The second-order valence-electron chi connectivity index (χ2n) is 6.41. The van der Waals surface area contributed by atoms with Crippen molar-refractivity contribution in [3.63, 3.8) is 0 Å². The van der Waals surface area contributed by atoms with Gasteiger partial charge in [0.1, 0.15) is 0 Å². The zero-order valence-corrected chi connectivity index (χ0v) is 16.0. The van der Waals surface area contributed by atoms with Crippen molar-refractivity contribution < 1.29 is 22.3 Å². The van der Waals surface area contributed by atoms with Crippen LogP contribution in [0, 0.1) is 12.7 Å². The van der Waals surface area contributed by atoms with Crippen molar-refractivity contribution in [2.75, 3.05) is 23.3 Å². The van der Waals surface area contributed by atoms with Gasteiger partial charge in [-0.3, -0.25) is 9.52 Å². The predicted molar refractivity (Wildman–Crippen MR) is 101 cm³/mol. The second-order valence-corrected chi connectivity index (χ2v) is 8.09. The first kappa shape index (κ1) is 19.2. The van der Waals surface area contributed by atoms with Crippen molar-refractivity contribution in [1.82, 2.24) is 0 Å². The fourth-order valence-electron chi connectivity index (χ4n) is 3.05. The third kappa shape index (κ3) is 4.05. The van der Waals surface area contributed by atoms with Crippen molar-refractivity contribution in [3.8, 4) is 5.75 Å². The molecular weight excluding hydrogens is 371 g/mol. The lowest BCUT2D eigenvalue weighted by Crippen LogP contribution is -2.35. The Kier molecular flexibility index (Phi) is 5.36. The number of rotatable bonds is 5. The average Bonchev–Trinajstić information content (AvgIpc) is 2.63. The Morgan fingerprint density at radius 2 is 1.93 bits per heavy atom. The van der Waals surface area contributed by atoms with Gasteiger partial charge in [-0.15, -0.1) is 0 Å². The summed E-state index contributed by atoms with van der Waals surface area (Å²) >= 11 is 0. The Bertz CT molecular complexity index is 976. The van der Waals surface area contributed by atoms with Gasteiger partial charge in [-0.1, -0.05) is 6.07 Å². The van der Waals surface area contributed by atoms with E-state index in [4.69, 9.17) is 4.74 Å². The van der Waals surface area contributed by atoms with Crippen molar-refractivity contribution in [2.24, 2.45) is 0 Å². The average molecular weight is 392 g/mol. The van der Waals surface area contributed by atoms with E-state index in [2.05, 4.69) is 4.72 Å². The number of hydrogen-bond donors (Lipinski definition) is 1. The van der Waals surface area contributed by atoms with Gasteiger partial charge in [-0.2, -0.15) is 0 Å². The standard InChI is InChI=1S/C19H21FN2O4S/c1-13-6-7-14(11-17(13)22-10-4-3-5-19(22)23)21-27(24,25)15-8-9-18(26-2)16(20)12-15/h6-9,11-12,21H,3-5,10H2,1-2H3. The summed E-state index contributed by atoms with van der Waals surface area (Å²) in [5, 5.41) is 0. The van der Waals surface area contributed by atoms with Crippen LogP contribution in [0.5, 0.6) is 5.75 Å². The Morgan fingerprint density at radius 1 is 1.15 bits per heavy atom. The van der Waals surface area contributed by atoms with Gasteiger partial charge in [0.05, 0.1) is 17.7 Å². The van der Waals surface area contributed by atoms with Crippen LogP contribution in [-0.2, 0) is 14.8 Å². The van der Waals surface area contributed by atoms with Crippen LogP contribution in [0.15, 0.2) is 41.3 Å². The zero-order chi connectivity index (χ0) is 19.6. The molecule has 0 radical (unpaired) electrons. The minimum Gasteiger partial charge on any atom is -0.494 e. The van der Waals surface area contributed by atoms with Gasteiger partial charge in [-0.25, -0.2) is 12.8 Å². The van der Waals surface area contributed by atoms with E-state index in [1.54, 1.807) is 23.1 Å². The number of amides is 1. The molecule has 1 saturated heterocycles. The normalized spacial score (nSPS) is 14.9. The van der Waals surface area contributed by atoms with E-state index in [0.29, 0.717) is 24.3 Å². The largest absolute Gasteiger partial charge is 0.494 e. The van der Waals surface area contributed by atoms with Crippen LogP contribution in [0.1, 0.15) is 24.8 Å². The third-order valence-corrected chi connectivity index (χ3v) is 5.89. The number of anilines is 2. The summed E-state index contributed by atoms with van der Waals surface area (Å²) in [4.78, 5) is 13.7. The first-order chi connectivity index (χ1) is 12.8. The van der Waals surface area contributed by atoms with Gasteiger partial charge in [-0.05, 0) is 55.7 Å². The van der Waals surface area contributed by atoms with E-state index in [9.17, 15) is 17.6 Å². The Labute approximate surface area is 158 Å². The van der Waals surface area contributed by atoms with E-state index >= 15 is 0 Å². The third-order valence-electron chi connectivity index (χ3n) is 4.51. The molecule has 1 heterocycles. The topological polar surface area (TPSA) is 75.7 Å². The predicted octanol–water partition coefficient (Wildman–Crippen LogP) is 3.46. The van der Waals surface area contributed by atoms with E-state index in [-0.39, 0.29) is 16.6 Å². The quantitative estimate of drug-likeness (QED) is 0.846. The number of piperidine rings is 1. The Balaban J connectivity index is 1.90. The van der Waals surface area contributed by atoms with Crippen molar-refractivity contribution in [2.45, 2.75) is 31.1 Å². The number of carbonyl (C=O) groups is 1. The van der Waals surface area contributed by atoms with Crippen LogP contribution in [-0.4, -0.2) is 28.0 Å². The number of methoxy groups -OCH3 is 1. The number of carbonyl (C=O) groups excluding carboxylic acids is 1. The number of nitrogens with one attached hydrogen (secondary N) is 1. The zero-order valence-electron chi connectivity index (χ0n) is 15.2. The molecule has 1 aliphatic heterocycles. The van der Waals surface area contributed by atoms with E-state index in [1.165, 1.54) is 19.2 Å². The van der Waals surface area contributed by atoms with E-state index in [0.717, 1.165) is 24.5 Å². The maximum atomic E-state index is 13.9. The molecule has 1 N–H and O–H groups in total. The minimum atomic E-state index is -3.98. The first-order valence-electron chi connectivity index (χ1n) is 8.59. The SMILES string of the molecule is COc1ccc(S(=O)(=O)Nc2ccc(C)c(N3CCCCC3=O)c2)cc1F. The lowest BCUT2D eigenvalue weighted by Gasteiger charge is -2.28. The molecule has 1 amide bonds. The monoisotopic (exact) mass is 392 g/mol. The highest BCUT2D eigenvalue weighted by Crippen LogP contribution is 2.29. The van der Waals surface area contributed by atoms with E-state index < -0.39 is 15.8 Å². The molecule has 0 atom stereocenters. The number of aryl methyl sites for hydroxylation is 1. The summed E-state index contributed by atoms with van der Waals surface area (Å²) in [6.45, 7) is 2.48. The highest BCUT2D eigenvalue weighted by atomic mass is 32.2. The first-order valence-corrected chi connectivity index (χ1v) is 10.1. The molecule has 0 aliphatic carbocycles. The molecule has 0 unspecified atom stereocenters. The number of nitrogens with zero attached hydrogens (tertiary/aromatic N) is 1. The molecule has 144 valence electrons. The molecule has 1 fully saturated rings. The molecule has 3 rings (SSSR count). The molecule has 0 aromatic heterocycles. The number of benzene rings is 2. The maximum Gasteiger partial charge on any atom is 0.262 e. The summed E-state index contributed by atoms with van der Waals surface area (Å²) in [5.74, 6) is -0.763. The van der Waals surface area contributed by atoms with Crippen molar-refractivity contribution >= 4 is 27.3 Å². The van der Waals surface area contributed by atoms with Gasteiger partial charge in [0, 0.05) is 18.7 Å². The molecular formula is C19H21FN2O4S. The number of ether oxygens (including phenoxy) is 1. The molecule has 2 aromatic carbocycles. The summed E-state index contributed by atoms with van der Waals surface area (Å²) in [6.07, 6.45) is 2.26. The summed E-state index contributed by atoms with van der Waals surface area (Å²) in [7, 11) is -2.68. The number of sulfonamides is 1. The highest BCUT2D eigenvalue weighted by Gasteiger charge is 2.22. The second kappa shape index (κ2) is 7.56. The minimum absolute atomic E-state index is 0.0292. The molecule has 8 heteroatoms. The molecule has 2 aromatic rings. The summed E-state index contributed by atoms with van der Waals surface area (Å²) in [5.41, 5.74) is 1.87. The van der Waals surface area contributed by atoms with Crippen molar-refractivity contribution in [3.05, 3.63) is 47.8 Å². The molecule has 1 aliphatic rings.